The number of benzene rings is 2. The lowest BCUT2D eigenvalue weighted by molar-refractivity contribution is 0.132. The van der Waals surface area contributed by atoms with E-state index in [1.54, 1.807) is 7.11 Å². The molecule has 0 bridgehead atoms. The molecular weight excluding hydrogens is 334 g/mol. The second kappa shape index (κ2) is 5.77. The molecule has 1 saturated heterocycles. The third kappa shape index (κ3) is 2.88. The van der Waals surface area contributed by atoms with Crippen LogP contribution in [0.5, 0.6) is 5.75 Å². The lowest BCUT2D eigenvalue weighted by Crippen LogP contribution is -2.19. The zero-order valence-electron chi connectivity index (χ0n) is 11.4. The van der Waals surface area contributed by atoms with Crippen LogP contribution in [0.25, 0.3) is 0 Å². The van der Waals surface area contributed by atoms with E-state index >= 15 is 0 Å². The number of carbonyl (C=O) groups excluding carboxylic acids is 1. The standard InChI is InChI=1S/C16H14BrNO3/c1-20-13-7-3-5-11(9-13)15-14(18-16(19)21-15)10-4-2-6-12(17)8-10/h2-9,14-15H,1H3,(H,18,19)/t14-,15-/m0/s1. The van der Waals surface area contributed by atoms with Crippen LogP contribution in [0.1, 0.15) is 23.3 Å². The maximum Gasteiger partial charge on any atom is 0.408 e. The van der Waals surface area contributed by atoms with E-state index in [0.717, 1.165) is 21.3 Å². The van der Waals surface area contributed by atoms with Gasteiger partial charge < -0.3 is 14.8 Å². The fraction of sp³-hybridized carbons (Fsp3) is 0.188. The molecule has 2 aromatic carbocycles. The quantitative estimate of drug-likeness (QED) is 0.913. The number of amides is 1. The van der Waals surface area contributed by atoms with Gasteiger partial charge in [0, 0.05) is 4.47 Å². The Morgan fingerprint density at radius 3 is 2.67 bits per heavy atom. The molecule has 0 aromatic heterocycles. The van der Waals surface area contributed by atoms with Gasteiger partial charge in [0.2, 0.25) is 0 Å². The number of ether oxygens (including phenoxy) is 2. The summed E-state index contributed by atoms with van der Waals surface area (Å²) in [6, 6.07) is 15.2. The zero-order valence-corrected chi connectivity index (χ0v) is 13.0. The molecule has 1 aliphatic rings. The highest BCUT2D eigenvalue weighted by Crippen LogP contribution is 2.38. The second-order valence-corrected chi connectivity index (χ2v) is 5.70. The molecule has 1 fully saturated rings. The van der Waals surface area contributed by atoms with Crippen molar-refractivity contribution in [2.24, 2.45) is 0 Å². The number of cyclic esters (lactones) is 1. The number of carbonyl (C=O) groups is 1. The summed E-state index contributed by atoms with van der Waals surface area (Å²) >= 11 is 3.45. The molecule has 0 aliphatic carbocycles. The predicted octanol–water partition coefficient (Wildman–Crippen LogP) is 3.98. The largest absolute Gasteiger partial charge is 0.497 e. The van der Waals surface area contributed by atoms with Crippen LogP contribution >= 0.6 is 15.9 Å². The Kier molecular flexibility index (Phi) is 3.84. The lowest BCUT2D eigenvalue weighted by Gasteiger charge is -2.18. The van der Waals surface area contributed by atoms with Crippen molar-refractivity contribution in [3.63, 3.8) is 0 Å². The van der Waals surface area contributed by atoms with Crippen LogP contribution in [0.2, 0.25) is 0 Å². The Bertz CT molecular complexity index is 674. The smallest absolute Gasteiger partial charge is 0.408 e. The van der Waals surface area contributed by atoms with Gasteiger partial charge in [0.15, 0.2) is 6.10 Å². The highest BCUT2D eigenvalue weighted by Gasteiger charge is 2.36. The fourth-order valence-corrected chi connectivity index (χ4v) is 2.87. The topological polar surface area (TPSA) is 47.6 Å². The van der Waals surface area contributed by atoms with Crippen molar-refractivity contribution in [2.75, 3.05) is 7.11 Å². The van der Waals surface area contributed by atoms with Gasteiger partial charge in [-0.3, -0.25) is 0 Å². The van der Waals surface area contributed by atoms with Crippen molar-refractivity contribution >= 4 is 22.0 Å². The van der Waals surface area contributed by atoms with Crippen molar-refractivity contribution in [1.29, 1.82) is 0 Å². The van der Waals surface area contributed by atoms with Crippen molar-refractivity contribution in [2.45, 2.75) is 12.1 Å². The van der Waals surface area contributed by atoms with Gasteiger partial charge >= 0.3 is 6.09 Å². The van der Waals surface area contributed by atoms with Crippen LogP contribution < -0.4 is 10.1 Å². The van der Waals surface area contributed by atoms with Gasteiger partial charge in [0.05, 0.1) is 13.2 Å². The van der Waals surface area contributed by atoms with Crippen LogP contribution in [0.4, 0.5) is 4.79 Å². The Labute approximate surface area is 131 Å². The molecule has 0 saturated carbocycles. The first-order chi connectivity index (χ1) is 10.2. The molecule has 4 nitrogen and oxygen atoms in total. The minimum absolute atomic E-state index is 0.220. The van der Waals surface area contributed by atoms with Gasteiger partial charge in [-0.1, -0.05) is 40.2 Å². The Morgan fingerprint density at radius 1 is 1.14 bits per heavy atom. The summed E-state index contributed by atoms with van der Waals surface area (Å²) in [6.45, 7) is 0. The zero-order chi connectivity index (χ0) is 14.8. The van der Waals surface area contributed by atoms with Crippen molar-refractivity contribution < 1.29 is 14.3 Å². The van der Waals surface area contributed by atoms with E-state index in [1.807, 2.05) is 48.5 Å². The van der Waals surface area contributed by atoms with Crippen molar-refractivity contribution in [1.82, 2.24) is 5.32 Å². The van der Waals surface area contributed by atoms with E-state index in [4.69, 9.17) is 9.47 Å². The first-order valence-electron chi connectivity index (χ1n) is 6.54. The molecule has 5 heteroatoms. The molecule has 1 heterocycles. The average molecular weight is 348 g/mol. The van der Waals surface area contributed by atoms with Crippen molar-refractivity contribution in [3.8, 4) is 5.75 Å². The molecule has 2 aromatic rings. The molecule has 0 unspecified atom stereocenters. The SMILES string of the molecule is COc1cccc([C@@H]2OC(=O)N[C@H]2c2cccc(Br)c2)c1. The van der Waals surface area contributed by atoms with E-state index < -0.39 is 6.09 Å². The number of halogens is 1. The molecule has 0 radical (unpaired) electrons. The summed E-state index contributed by atoms with van der Waals surface area (Å²) < 4.78 is 11.6. The van der Waals surface area contributed by atoms with Gasteiger partial charge in [0.25, 0.3) is 0 Å². The monoisotopic (exact) mass is 347 g/mol. The summed E-state index contributed by atoms with van der Waals surface area (Å²) in [5.74, 6) is 0.739. The molecule has 21 heavy (non-hydrogen) atoms. The van der Waals surface area contributed by atoms with Crippen LogP contribution in [0.15, 0.2) is 53.0 Å². The minimum atomic E-state index is -0.409. The van der Waals surface area contributed by atoms with Crippen LogP contribution in [0.3, 0.4) is 0 Å². The molecule has 1 amide bonds. The summed E-state index contributed by atoms with van der Waals surface area (Å²) in [7, 11) is 1.61. The molecule has 3 rings (SSSR count). The molecule has 1 N–H and O–H groups in total. The maximum absolute atomic E-state index is 11.7. The normalized spacial score (nSPS) is 20.8. The van der Waals surface area contributed by atoms with Crippen LogP contribution in [0, 0.1) is 0 Å². The number of alkyl carbamates (subject to hydrolysis) is 1. The van der Waals surface area contributed by atoms with Crippen molar-refractivity contribution in [3.05, 3.63) is 64.1 Å². The van der Waals surface area contributed by atoms with Crippen LogP contribution in [-0.2, 0) is 4.74 Å². The number of hydrogen-bond donors (Lipinski definition) is 1. The van der Waals surface area contributed by atoms with E-state index in [0.29, 0.717) is 0 Å². The average Bonchev–Trinajstić information content (AvgIpc) is 2.89. The number of hydrogen-bond acceptors (Lipinski definition) is 3. The summed E-state index contributed by atoms with van der Waals surface area (Å²) in [6.07, 6.45) is -0.783. The first-order valence-corrected chi connectivity index (χ1v) is 7.33. The maximum atomic E-state index is 11.7. The summed E-state index contributed by atoms with van der Waals surface area (Å²) in [4.78, 5) is 11.7. The summed E-state index contributed by atoms with van der Waals surface area (Å²) in [5, 5.41) is 2.86. The number of methoxy groups -OCH3 is 1. The number of rotatable bonds is 3. The van der Waals surface area contributed by atoms with E-state index in [2.05, 4.69) is 21.2 Å². The van der Waals surface area contributed by atoms with Gasteiger partial charge in [0.1, 0.15) is 5.75 Å². The van der Waals surface area contributed by atoms with Gasteiger partial charge in [-0.15, -0.1) is 0 Å². The highest BCUT2D eigenvalue weighted by molar-refractivity contribution is 9.10. The predicted molar refractivity (Wildman–Crippen MR) is 82.2 cm³/mol. The van der Waals surface area contributed by atoms with Gasteiger partial charge in [-0.25, -0.2) is 4.79 Å². The third-order valence-corrected chi connectivity index (χ3v) is 3.93. The molecule has 1 aliphatic heterocycles. The molecule has 108 valence electrons. The first kappa shape index (κ1) is 13.9. The highest BCUT2D eigenvalue weighted by atomic mass is 79.9. The molecule has 2 atom stereocenters. The van der Waals surface area contributed by atoms with E-state index in [1.165, 1.54) is 0 Å². The lowest BCUT2D eigenvalue weighted by atomic mass is 9.96. The molecule has 0 spiro atoms. The van der Waals surface area contributed by atoms with Gasteiger partial charge in [-0.2, -0.15) is 0 Å². The Morgan fingerprint density at radius 2 is 1.90 bits per heavy atom. The number of nitrogens with one attached hydrogen (secondary N) is 1. The molecular formula is C16H14BrNO3. The van der Waals surface area contributed by atoms with Crippen LogP contribution in [-0.4, -0.2) is 13.2 Å². The Balaban J connectivity index is 1.97. The Hall–Kier alpha value is -2.01. The second-order valence-electron chi connectivity index (χ2n) is 4.78. The fourth-order valence-electron chi connectivity index (χ4n) is 2.46. The van der Waals surface area contributed by atoms with E-state index in [-0.39, 0.29) is 12.1 Å². The minimum Gasteiger partial charge on any atom is -0.497 e. The summed E-state index contributed by atoms with van der Waals surface area (Å²) in [5.41, 5.74) is 1.89. The third-order valence-electron chi connectivity index (χ3n) is 3.44. The van der Waals surface area contributed by atoms with E-state index in [9.17, 15) is 4.79 Å². The van der Waals surface area contributed by atoms with Gasteiger partial charge in [-0.05, 0) is 35.4 Å².